The van der Waals surface area contributed by atoms with E-state index in [9.17, 15) is 8.42 Å². The van der Waals surface area contributed by atoms with E-state index in [1.54, 1.807) is 0 Å². The van der Waals surface area contributed by atoms with Crippen molar-refractivity contribution in [1.82, 2.24) is 0 Å². The molecule has 0 atom stereocenters. The molecule has 110 valence electrons. The van der Waals surface area contributed by atoms with E-state index in [2.05, 4.69) is 0 Å². The summed E-state index contributed by atoms with van der Waals surface area (Å²) >= 11 is 0. The summed E-state index contributed by atoms with van der Waals surface area (Å²) in [5, 5.41) is 0. The minimum absolute atomic E-state index is 0.213. The standard InChI is InChI=1S/C16H17NO3S/c18-21(19,20)14-4-11-17-12-9-16(10-13-17)8-7-15-5-2-1-3-6-15/h1-3,5-10,12-13H,4,11,14H2/p+1. The summed E-state index contributed by atoms with van der Waals surface area (Å²) < 4.78 is 31.8. The highest BCUT2D eigenvalue weighted by atomic mass is 32.2. The van der Waals surface area contributed by atoms with Crippen molar-refractivity contribution in [3.8, 4) is 0 Å². The van der Waals surface area contributed by atoms with Crippen molar-refractivity contribution in [3.05, 3.63) is 66.0 Å². The van der Waals surface area contributed by atoms with Gasteiger partial charge in [0.1, 0.15) is 6.54 Å². The molecule has 0 aliphatic heterocycles. The highest BCUT2D eigenvalue weighted by Gasteiger charge is 2.06. The summed E-state index contributed by atoms with van der Waals surface area (Å²) in [6.07, 6.45) is 8.25. The molecule has 0 amide bonds. The van der Waals surface area contributed by atoms with E-state index in [0.717, 1.165) is 11.1 Å². The Bertz CT molecular complexity index is 692. The molecule has 0 bridgehead atoms. The summed E-state index contributed by atoms with van der Waals surface area (Å²) in [6.45, 7) is 0.558. The molecular weight excluding hydrogens is 286 g/mol. The fourth-order valence-electron chi connectivity index (χ4n) is 1.92. The second-order valence-electron chi connectivity index (χ2n) is 4.75. The molecule has 0 fully saturated rings. The Kier molecular flexibility index (Phi) is 5.25. The smallest absolute Gasteiger partial charge is 0.265 e. The Hall–Kier alpha value is -1.98. The van der Waals surface area contributed by atoms with Gasteiger partial charge >= 0.3 is 0 Å². The molecule has 0 unspecified atom stereocenters. The largest absolute Gasteiger partial charge is 0.286 e. The highest BCUT2D eigenvalue weighted by molar-refractivity contribution is 7.85. The molecule has 0 spiro atoms. The average Bonchev–Trinajstić information content (AvgIpc) is 2.46. The van der Waals surface area contributed by atoms with Crippen LogP contribution in [-0.2, 0) is 16.7 Å². The number of aromatic nitrogens is 1. The molecule has 0 aliphatic rings. The average molecular weight is 304 g/mol. The first-order chi connectivity index (χ1) is 10.0. The third-order valence-electron chi connectivity index (χ3n) is 3.00. The highest BCUT2D eigenvalue weighted by Crippen LogP contribution is 2.06. The Morgan fingerprint density at radius 2 is 1.52 bits per heavy atom. The van der Waals surface area contributed by atoms with Gasteiger partial charge in [-0.2, -0.15) is 8.42 Å². The number of benzene rings is 1. The van der Waals surface area contributed by atoms with Crippen LogP contribution < -0.4 is 4.57 Å². The zero-order chi connectivity index (χ0) is 15.1. The van der Waals surface area contributed by atoms with Crippen LogP contribution in [0, 0.1) is 0 Å². The van der Waals surface area contributed by atoms with Crippen LogP contribution in [0.4, 0.5) is 0 Å². The summed E-state index contributed by atoms with van der Waals surface area (Å²) in [6, 6.07) is 14.0. The van der Waals surface area contributed by atoms with Gasteiger partial charge in [-0.3, -0.25) is 4.55 Å². The maximum absolute atomic E-state index is 10.6. The lowest BCUT2D eigenvalue weighted by atomic mass is 10.1. The molecular formula is C16H18NO3S+. The summed E-state index contributed by atoms with van der Waals surface area (Å²) in [5.74, 6) is -0.213. The van der Waals surface area contributed by atoms with Crippen molar-refractivity contribution in [2.75, 3.05) is 5.75 Å². The van der Waals surface area contributed by atoms with Gasteiger partial charge < -0.3 is 0 Å². The molecule has 2 rings (SSSR count). The zero-order valence-electron chi connectivity index (χ0n) is 11.6. The van der Waals surface area contributed by atoms with Crippen LogP contribution >= 0.6 is 0 Å². The molecule has 1 aromatic carbocycles. The fourth-order valence-corrected chi connectivity index (χ4v) is 2.41. The molecule has 2 aromatic rings. The van der Waals surface area contributed by atoms with E-state index in [0.29, 0.717) is 13.0 Å². The first-order valence-electron chi connectivity index (χ1n) is 6.70. The van der Waals surface area contributed by atoms with Gasteiger partial charge in [0.05, 0.1) is 5.75 Å². The Morgan fingerprint density at radius 1 is 0.952 bits per heavy atom. The van der Waals surface area contributed by atoms with Gasteiger partial charge in [0.15, 0.2) is 12.4 Å². The molecule has 21 heavy (non-hydrogen) atoms. The van der Waals surface area contributed by atoms with Crippen molar-refractivity contribution in [3.63, 3.8) is 0 Å². The summed E-state index contributed by atoms with van der Waals surface area (Å²) in [5.41, 5.74) is 2.22. The molecule has 4 nitrogen and oxygen atoms in total. The first-order valence-corrected chi connectivity index (χ1v) is 8.31. The normalized spacial score (nSPS) is 11.9. The predicted molar refractivity (Wildman–Crippen MR) is 83.0 cm³/mol. The number of hydrogen-bond donors (Lipinski definition) is 1. The predicted octanol–water partition coefficient (Wildman–Crippen LogP) is 2.42. The van der Waals surface area contributed by atoms with Crippen molar-refractivity contribution < 1.29 is 17.5 Å². The van der Waals surface area contributed by atoms with E-state index in [1.165, 1.54) is 0 Å². The molecule has 0 saturated heterocycles. The Balaban J connectivity index is 1.91. The molecule has 5 heteroatoms. The van der Waals surface area contributed by atoms with Crippen LogP contribution in [0.25, 0.3) is 12.2 Å². The summed E-state index contributed by atoms with van der Waals surface area (Å²) in [4.78, 5) is 0. The SMILES string of the molecule is O=S(=O)(O)CCC[n+]1ccc(C=Cc2ccccc2)cc1. The van der Waals surface area contributed by atoms with Crippen LogP contribution in [0.3, 0.4) is 0 Å². The lowest BCUT2D eigenvalue weighted by Crippen LogP contribution is -2.33. The van der Waals surface area contributed by atoms with Crippen molar-refractivity contribution in [2.45, 2.75) is 13.0 Å². The van der Waals surface area contributed by atoms with Gasteiger partial charge in [-0.1, -0.05) is 42.5 Å². The van der Waals surface area contributed by atoms with Gasteiger partial charge in [-0.15, -0.1) is 0 Å². The molecule has 1 heterocycles. The number of pyridine rings is 1. The third-order valence-corrected chi connectivity index (χ3v) is 3.81. The van der Waals surface area contributed by atoms with E-state index < -0.39 is 10.1 Å². The van der Waals surface area contributed by atoms with Crippen LogP contribution in [0.15, 0.2) is 54.9 Å². The van der Waals surface area contributed by atoms with Gasteiger partial charge in [0, 0.05) is 18.6 Å². The first kappa shape index (κ1) is 15.4. The minimum Gasteiger partial charge on any atom is -0.286 e. The zero-order valence-corrected chi connectivity index (χ0v) is 12.4. The lowest BCUT2D eigenvalue weighted by Gasteiger charge is -1.97. The van der Waals surface area contributed by atoms with E-state index >= 15 is 0 Å². The number of aryl methyl sites for hydroxylation is 1. The molecule has 1 N–H and O–H groups in total. The Labute approximate surface area is 125 Å². The number of hydrogen-bond acceptors (Lipinski definition) is 2. The van der Waals surface area contributed by atoms with Gasteiger partial charge in [0.25, 0.3) is 10.1 Å². The van der Waals surface area contributed by atoms with Gasteiger partial charge in [-0.05, 0) is 11.1 Å². The van der Waals surface area contributed by atoms with E-state index in [1.807, 2.05) is 71.6 Å². The van der Waals surface area contributed by atoms with Crippen LogP contribution in [0.1, 0.15) is 17.5 Å². The van der Waals surface area contributed by atoms with Crippen molar-refractivity contribution in [2.24, 2.45) is 0 Å². The van der Waals surface area contributed by atoms with Crippen molar-refractivity contribution in [1.29, 1.82) is 0 Å². The van der Waals surface area contributed by atoms with E-state index in [-0.39, 0.29) is 5.75 Å². The third kappa shape index (κ3) is 5.89. The molecule has 1 aromatic heterocycles. The monoisotopic (exact) mass is 304 g/mol. The molecule has 0 saturated carbocycles. The number of rotatable bonds is 6. The topological polar surface area (TPSA) is 58.3 Å². The van der Waals surface area contributed by atoms with Crippen molar-refractivity contribution >= 4 is 22.3 Å². The van der Waals surface area contributed by atoms with E-state index in [4.69, 9.17) is 4.55 Å². The Morgan fingerprint density at radius 3 is 2.10 bits per heavy atom. The summed E-state index contributed by atoms with van der Waals surface area (Å²) in [7, 11) is -3.87. The quantitative estimate of drug-likeness (QED) is 0.658. The molecule has 0 aliphatic carbocycles. The molecule has 0 radical (unpaired) electrons. The van der Waals surface area contributed by atoms with Gasteiger partial charge in [0.2, 0.25) is 0 Å². The minimum atomic E-state index is -3.87. The fraction of sp³-hybridized carbons (Fsp3) is 0.188. The van der Waals surface area contributed by atoms with Crippen LogP contribution in [0.2, 0.25) is 0 Å². The second-order valence-corrected chi connectivity index (χ2v) is 6.32. The van der Waals surface area contributed by atoms with Gasteiger partial charge in [-0.25, -0.2) is 4.57 Å². The van der Waals surface area contributed by atoms with Crippen LogP contribution in [0.5, 0.6) is 0 Å². The lowest BCUT2D eigenvalue weighted by molar-refractivity contribution is -0.696. The number of nitrogens with zero attached hydrogens (tertiary/aromatic N) is 1. The second kappa shape index (κ2) is 7.15. The van der Waals surface area contributed by atoms with Crippen LogP contribution in [-0.4, -0.2) is 18.7 Å². The maximum Gasteiger partial charge on any atom is 0.265 e. The maximum atomic E-state index is 10.6.